The van der Waals surface area contributed by atoms with E-state index >= 15 is 0 Å². The molecule has 0 aliphatic rings. The summed E-state index contributed by atoms with van der Waals surface area (Å²) in [5.74, 6) is 0.654. The van der Waals surface area contributed by atoms with Gasteiger partial charge in [0.2, 0.25) is 5.89 Å². The lowest BCUT2D eigenvalue weighted by Crippen LogP contribution is -1.74. The Morgan fingerprint density at radius 2 is 2.28 bits per heavy atom. The van der Waals surface area contributed by atoms with Crippen LogP contribution in [-0.2, 0) is 0 Å². The van der Waals surface area contributed by atoms with Crippen LogP contribution in [-0.4, -0.2) is 10.1 Å². The summed E-state index contributed by atoms with van der Waals surface area (Å²) >= 11 is 6.21. The van der Waals surface area contributed by atoms with Gasteiger partial charge in [-0.2, -0.15) is 4.99 Å². The maximum atomic E-state index is 5.74. The van der Waals surface area contributed by atoms with Crippen molar-refractivity contribution in [2.75, 3.05) is 0 Å². The summed E-state index contributed by atoms with van der Waals surface area (Å²) in [5.41, 5.74) is 3.44. The minimum Gasteiger partial charge on any atom is -0.435 e. The Labute approximate surface area is 113 Å². The van der Waals surface area contributed by atoms with Crippen molar-refractivity contribution in [3.63, 3.8) is 0 Å². The number of rotatable bonds is 2. The number of benzene rings is 1. The number of hydrogen-bond donors (Lipinski definition) is 0. The van der Waals surface area contributed by atoms with E-state index in [1.807, 2.05) is 30.5 Å². The van der Waals surface area contributed by atoms with Crippen LogP contribution in [0.5, 0.6) is 0 Å². The van der Waals surface area contributed by atoms with Crippen LogP contribution < -0.4 is 0 Å². The standard InChI is InChI=1S/C13H8N2OS2/c1-8-4-5-18-12(8)13-15-10-6-9(14-7-17)2-3-11(10)16-13/h2-6H,1H3. The minimum atomic E-state index is 0.654. The molecule has 0 atom stereocenters. The molecule has 0 fully saturated rings. The molecular formula is C13H8N2OS2. The van der Waals surface area contributed by atoms with E-state index in [9.17, 15) is 0 Å². The fourth-order valence-electron chi connectivity index (χ4n) is 1.73. The van der Waals surface area contributed by atoms with E-state index in [2.05, 4.69) is 33.4 Å². The highest BCUT2D eigenvalue weighted by Crippen LogP contribution is 2.32. The highest BCUT2D eigenvalue weighted by Gasteiger charge is 2.11. The van der Waals surface area contributed by atoms with Gasteiger partial charge >= 0.3 is 0 Å². The van der Waals surface area contributed by atoms with Gasteiger partial charge in [0.15, 0.2) is 5.58 Å². The van der Waals surface area contributed by atoms with Crippen molar-refractivity contribution >= 4 is 45.5 Å². The average molecular weight is 272 g/mol. The second-order valence-corrected chi connectivity index (χ2v) is 4.91. The SMILES string of the molecule is Cc1ccsc1-c1nc2cc(N=C=S)ccc2o1. The summed E-state index contributed by atoms with van der Waals surface area (Å²) in [6, 6.07) is 7.57. The summed E-state index contributed by atoms with van der Waals surface area (Å²) in [5, 5.41) is 4.37. The highest BCUT2D eigenvalue weighted by atomic mass is 32.1. The van der Waals surface area contributed by atoms with Gasteiger partial charge in [0.05, 0.1) is 15.7 Å². The van der Waals surface area contributed by atoms with Gasteiger partial charge in [-0.05, 0) is 54.4 Å². The molecule has 3 rings (SSSR count). The van der Waals surface area contributed by atoms with Crippen LogP contribution in [0.1, 0.15) is 5.56 Å². The summed E-state index contributed by atoms with van der Waals surface area (Å²) in [6.45, 7) is 2.04. The number of aryl methyl sites for hydroxylation is 1. The van der Waals surface area contributed by atoms with Crippen LogP contribution >= 0.6 is 23.6 Å². The molecule has 3 aromatic rings. The average Bonchev–Trinajstić information content (AvgIpc) is 2.94. The molecule has 1 aromatic carbocycles. The van der Waals surface area contributed by atoms with Crippen molar-refractivity contribution in [3.8, 4) is 10.8 Å². The molecule has 2 heterocycles. The van der Waals surface area contributed by atoms with Crippen molar-refractivity contribution < 1.29 is 4.42 Å². The quantitative estimate of drug-likeness (QED) is 0.505. The van der Waals surface area contributed by atoms with E-state index < -0.39 is 0 Å². The zero-order valence-electron chi connectivity index (χ0n) is 9.51. The second kappa shape index (κ2) is 4.46. The third kappa shape index (κ3) is 1.88. The van der Waals surface area contributed by atoms with Gasteiger partial charge in [-0.25, -0.2) is 4.98 Å². The Morgan fingerprint density at radius 1 is 1.39 bits per heavy atom. The van der Waals surface area contributed by atoms with Crippen LogP contribution in [0.3, 0.4) is 0 Å². The number of thiocarbonyl (C=S) groups is 1. The molecule has 18 heavy (non-hydrogen) atoms. The lowest BCUT2D eigenvalue weighted by atomic mass is 10.3. The number of oxazole rings is 1. The van der Waals surface area contributed by atoms with Gasteiger partial charge < -0.3 is 4.42 Å². The molecule has 0 radical (unpaired) electrons. The maximum Gasteiger partial charge on any atom is 0.237 e. The van der Waals surface area contributed by atoms with Crippen LogP contribution in [0.25, 0.3) is 21.9 Å². The molecule has 3 nitrogen and oxygen atoms in total. The van der Waals surface area contributed by atoms with Crippen molar-refractivity contribution in [1.29, 1.82) is 0 Å². The number of aliphatic imine (C=N–C) groups is 1. The Balaban J connectivity index is 2.17. The van der Waals surface area contributed by atoms with Crippen molar-refractivity contribution in [1.82, 2.24) is 4.98 Å². The van der Waals surface area contributed by atoms with Crippen LogP contribution in [0, 0.1) is 6.92 Å². The van der Waals surface area contributed by atoms with Crippen molar-refractivity contribution in [2.24, 2.45) is 4.99 Å². The first-order valence-corrected chi connectivity index (χ1v) is 6.59. The van der Waals surface area contributed by atoms with Crippen LogP contribution in [0.15, 0.2) is 39.1 Å². The summed E-state index contributed by atoms with van der Waals surface area (Å²) < 4.78 is 5.74. The van der Waals surface area contributed by atoms with E-state index in [4.69, 9.17) is 4.42 Å². The molecule has 0 unspecified atom stereocenters. The molecule has 5 heteroatoms. The van der Waals surface area contributed by atoms with Gasteiger partial charge in [0.1, 0.15) is 5.52 Å². The number of nitrogens with zero attached hydrogens (tertiary/aromatic N) is 2. The number of fused-ring (bicyclic) bond motifs is 1. The molecule has 0 amide bonds. The first kappa shape index (κ1) is 11.3. The predicted octanol–water partition coefficient (Wildman–Crippen LogP) is 4.60. The minimum absolute atomic E-state index is 0.654. The van der Waals surface area contributed by atoms with E-state index in [0.717, 1.165) is 21.7 Å². The molecule has 0 aliphatic carbocycles. The third-order valence-electron chi connectivity index (χ3n) is 2.60. The summed E-state index contributed by atoms with van der Waals surface area (Å²) in [6.07, 6.45) is 0. The fraction of sp³-hybridized carbons (Fsp3) is 0.0769. The molecular weight excluding hydrogens is 264 g/mol. The molecule has 0 aliphatic heterocycles. The molecule has 88 valence electrons. The van der Waals surface area contributed by atoms with Crippen molar-refractivity contribution in [2.45, 2.75) is 6.92 Å². The largest absolute Gasteiger partial charge is 0.435 e. The molecule has 0 N–H and O–H groups in total. The highest BCUT2D eigenvalue weighted by molar-refractivity contribution is 7.78. The Morgan fingerprint density at radius 3 is 3.00 bits per heavy atom. The smallest absolute Gasteiger partial charge is 0.237 e. The van der Waals surface area contributed by atoms with E-state index in [1.54, 1.807) is 11.3 Å². The van der Waals surface area contributed by atoms with E-state index in [0.29, 0.717) is 5.89 Å². The normalized spacial score (nSPS) is 10.5. The Hall–Kier alpha value is -1.81. The first-order chi connectivity index (χ1) is 8.78. The van der Waals surface area contributed by atoms with Gasteiger partial charge in [-0.1, -0.05) is 0 Å². The number of thiophene rings is 1. The van der Waals surface area contributed by atoms with E-state index in [1.165, 1.54) is 5.56 Å². The summed E-state index contributed by atoms with van der Waals surface area (Å²) in [7, 11) is 0. The number of hydrogen-bond acceptors (Lipinski definition) is 5. The first-order valence-electron chi connectivity index (χ1n) is 5.31. The lowest BCUT2D eigenvalue weighted by Gasteiger charge is -1.90. The lowest BCUT2D eigenvalue weighted by molar-refractivity contribution is 0.621. The van der Waals surface area contributed by atoms with Crippen LogP contribution in [0.4, 0.5) is 5.69 Å². The Bertz CT molecular complexity index is 766. The predicted molar refractivity (Wildman–Crippen MR) is 76.7 cm³/mol. The molecule has 0 saturated heterocycles. The van der Waals surface area contributed by atoms with Crippen molar-refractivity contribution in [3.05, 3.63) is 35.2 Å². The van der Waals surface area contributed by atoms with Gasteiger partial charge in [-0.3, -0.25) is 0 Å². The van der Waals surface area contributed by atoms with Crippen LogP contribution in [0.2, 0.25) is 0 Å². The topological polar surface area (TPSA) is 38.4 Å². The fourth-order valence-corrected chi connectivity index (χ4v) is 2.68. The summed E-state index contributed by atoms with van der Waals surface area (Å²) in [4.78, 5) is 9.47. The van der Waals surface area contributed by atoms with Gasteiger partial charge in [0.25, 0.3) is 0 Å². The maximum absolute atomic E-state index is 5.74. The zero-order chi connectivity index (χ0) is 12.5. The number of aromatic nitrogens is 1. The third-order valence-corrected chi connectivity index (χ3v) is 3.70. The number of isothiocyanates is 1. The van der Waals surface area contributed by atoms with Gasteiger partial charge in [0, 0.05) is 0 Å². The van der Waals surface area contributed by atoms with Gasteiger partial charge in [-0.15, -0.1) is 11.3 Å². The monoisotopic (exact) mass is 272 g/mol. The Kier molecular flexibility index (Phi) is 2.80. The molecule has 0 spiro atoms. The molecule has 0 bridgehead atoms. The molecule has 0 saturated carbocycles. The van der Waals surface area contributed by atoms with E-state index in [-0.39, 0.29) is 0 Å². The zero-order valence-corrected chi connectivity index (χ0v) is 11.1. The second-order valence-electron chi connectivity index (χ2n) is 3.81. The molecule has 2 aromatic heterocycles.